The number of hydrogen-bond donors (Lipinski definition) is 1. The number of rotatable bonds is 5. The number of hydrogen-bond acceptors (Lipinski definition) is 4. The number of nitrogens with zero attached hydrogens (tertiary/aromatic N) is 2. The van der Waals surface area contributed by atoms with Crippen molar-refractivity contribution in [2.45, 2.75) is 43.9 Å². The van der Waals surface area contributed by atoms with Crippen LogP contribution in [0.3, 0.4) is 0 Å². The number of nitrogens with one attached hydrogen (secondary N) is 1. The molecule has 1 aliphatic carbocycles. The Labute approximate surface area is 159 Å². The first-order chi connectivity index (χ1) is 12.9. The predicted octanol–water partition coefficient (Wildman–Crippen LogP) is 4.04. The fourth-order valence-electron chi connectivity index (χ4n) is 3.47. The Morgan fingerprint density at radius 2 is 1.96 bits per heavy atom. The highest BCUT2D eigenvalue weighted by Gasteiger charge is 2.32. The van der Waals surface area contributed by atoms with Gasteiger partial charge >= 0.3 is 6.18 Å². The number of aromatic nitrogens is 1. The minimum absolute atomic E-state index is 0.0548. The summed E-state index contributed by atoms with van der Waals surface area (Å²) < 4.78 is 37.9. The molecule has 0 spiro atoms. The summed E-state index contributed by atoms with van der Waals surface area (Å²) in [6.07, 6.45) is -1.26. The molecule has 1 unspecified atom stereocenters. The molecule has 0 radical (unpaired) electrons. The van der Waals surface area contributed by atoms with E-state index in [2.05, 4.69) is 15.2 Å². The summed E-state index contributed by atoms with van der Waals surface area (Å²) in [6.45, 7) is 2.09. The van der Waals surface area contributed by atoms with Crippen LogP contribution in [0.4, 0.5) is 13.2 Å². The first kappa shape index (κ1) is 18.4. The largest absolute Gasteiger partial charge is 0.416 e. The van der Waals surface area contributed by atoms with Gasteiger partial charge in [-0.25, -0.2) is 4.98 Å². The number of carbonyl (C=O) groups is 1. The van der Waals surface area contributed by atoms with Crippen molar-refractivity contribution in [3.8, 4) is 0 Å². The second kappa shape index (κ2) is 7.24. The van der Waals surface area contributed by atoms with Crippen LogP contribution in [-0.4, -0.2) is 34.9 Å². The van der Waals surface area contributed by atoms with E-state index in [0.717, 1.165) is 54.1 Å². The predicted molar refractivity (Wildman–Crippen MR) is 96.7 cm³/mol. The first-order valence-electron chi connectivity index (χ1n) is 9.03. The van der Waals surface area contributed by atoms with E-state index in [0.29, 0.717) is 19.0 Å². The Morgan fingerprint density at radius 1 is 1.22 bits per heavy atom. The maximum atomic E-state index is 12.6. The second-order valence-electron chi connectivity index (χ2n) is 7.23. The van der Waals surface area contributed by atoms with Crippen molar-refractivity contribution in [1.29, 1.82) is 0 Å². The van der Waals surface area contributed by atoms with Crippen molar-refractivity contribution in [1.82, 2.24) is 15.2 Å². The van der Waals surface area contributed by atoms with E-state index in [1.54, 1.807) is 5.51 Å². The molecule has 8 heteroatoms. The number of amides is 1. The SMILES string of the molecule is O=C(NC1CCN(Cc2ccc(C(F)(F)F)cc2)C1)c1scnc1C1CC1. The van der Waals surface area contributed by atoms with E-state index >= 15 is 0 Å². The summed E-state index contributed by atoms with van der Waals surface area (Å²) in [5.74, 6) is 0.387. The van der Waals surface area contributed by atoms with Crippen LogP contribution in [0.1, 0.15) is 51.7 Å². The number of benzene rings is 1. The Kier molecular flexibility index (Phi) is 4.94. The highest BCUT2D eigenvalue weighted by atomic mass is 32.1. The van der Waals surface area contributed by atoms with Gasteiger partial charge in [0, 0.05) is 31.6 Å². The lowest BCUT2D eigenvalue weighted by Gasteiger charge is -2.17. The minimum atomic E-state index is -4.31. The van der Waals surface area contributed by atoms with Gasteiger partial charge in [-0.1, -0.05) is 12.1 Å². The summed E-state index contributed by atoms with van der Waals surface area (Å²) >= 11 is 1.39. The molecule has 4 rings (SSSR count). The van der Waals surface area contributed by atoms with Gasteiger partial charge in [0.25, 0.3) is 5.91 Å². The van der Waals surface area contributed by atoms with Gasteiger partial charge in [-0.15, -0.1) is 11.3 Å². The zero-order chi connectivity index (χ0) is 19.0. The monoisotopic (exact) mass is 395 g/mol. The summed E-state index contributed by atoms with van der Waals surface area (Å²) in [6, 6.07) is 5.34. The van der Waals surface area contributed by atoms with Crippen molar-refractivity contribution in [3.63, 3.8) is 0 Å². The van der Waals surface area contributed by atoms with Gasteiger partial charge < -0.3 is 5.32 Å². The van der Waals surface area contributed by atoms with E-state index in [1.807, 2.05) is 0 Å². The van der Waals surface area contributed by atoms with Crippen LogP contribution in [0.5, 0.6) is 0 Å². The molecular formula is C19H20F3N3OS. The van der Waals surface area contributed by atoms with Gasteiger partial charge in [0.1, 0.15) is 4.88 Å². The third-order valence-corrected chi connectivity index (χ3v) is 5.90. The van der Waals surface area contributed by atoms with Gasteiger partial charge in [0.2, 0.25) is 0 Å². The fraction of sp³-hybridized carbons (Fsp3) is 0.474. The molecule has 1 aromatic carbocycles. The molecule has 1 aliphatic heterocycles. The van der Waals surface area contributed by atoms with Crippen molar-refractivity contribution in [2.75, 3.05) is 13.1 Å². The van der Waals surface area contributed by atoms with Crippen LogP contribution < -0.4 is 5.32 Å². The smallest absolute Gasteiger partial charge is 0.347 e. The van der Waals surface area contributed by atoms with Crippen molar-refractivity contribution < 1.29 is 18.0 Å². The third-order valence-electron chi connectivity index (χ3n) is 5.06. The van der Waals surface area contributed by atoms with Crippen LogP contribution in [0, 0.1) is 0 Å². The molecular weight excluding hydrogens is 375 g/mol. The minimum Gasteiger partial charge on any atom is -0.347 e. The molecule has 1 aromatic heterocycles. The average Bonchev–Trinajstić information content (AvgIpc) is 3.18. The zero-order valence-corrected chi connectivity index (χ0v) is 15.4. The number of halogens is 3. The van der Waals surface area contributed by atoms with E-state index in [-0.39, 0.29) is 11.9 Å². The number of alkyl halides is 3. The molecule has 2 aliphatic rings. The normalized spacial score (nSPS) is 20.8. The molecule has 1 saturated heterocycles. The third kappa shape index (κ3) is 4.32. The molecule has 144 valence electrons. The molecule has 2 fully saturated rings. The van der Waals surface area contributed by atoms with Crippen molar-refractivity contribution >= 4 is 17.2 Å². The lowest BCUT2D eigenvalue weighted by Crippen LogP contribution is -2.37. The Hall–Kier alpha value is -1.93. The van der Waals surface area contributed by atoms with E-state index < -0.39 is 11.7 Å². The molecule has 1 amide bonds. The average molecular weight is 395 g/mol. The molecule has 27 heavy (non-hydrogen) atoms. The van der Waals surface area contributed by atoms with Gasteiger partial charge in [0.05, 0.1) is 16.8 Å². The molecule has 2 aromatic rings. The first-order valence-corrected chi connectivity index (χ1v) is 9.91. The standard InChI is InChI=1S/C19H20F3N3OS/c20-19(21,22)14-5-1-12(2-6-14)9-25-8-7-15(10-25)24-18(26)17-16(13-3-4-13)23-11-27-17/h1-2,5-6,11,13,15H,3-4,7-10H2,(H,24,26). The Balaban J connectivity index is 1.31. The number of thiazole rings is 1. The highest BCUT2D eigenvalue weighted by Crippen LogP contribution is 2.41. The van der Waals surface area contributed by atoms with Gasteiger partial charge in [-0.05, 0) is 37.0 Å². The van der Waals surface area contributed by atoms with Crippen molar-refractivity contribution in [3.05, 3.63) is 51.5 Å². The molecule has 1 saturated carbocycles. The fourth-order valence-corrected chi connectivity index (χ4v) is 4.25. The van der Waals surface area contributed by atoms with E-state index in [1.165, 1.54) is 23.5 Å². The second-order valence-corrected chi connectivity index (χ2v) is 8.08. The van der Waals surface area contributed by atoms with Crippen LogP contribution >= 0.6 is 11.3 Å². The van der Waals surface area contributed by atoms with Crippen LogP contribution in [-0.2, 0) is 12.7 Å². The van der Waals surface area contributed by atoms with Crippen LogP contribution in [0.2, 0.25) is 0 Å². The summed E-state index contributed by atoms with van der Waals surface area (Å²) in [4.78, 5) is 19.8. The number of carbonyl (C=O) groups excluding carboxylic acids is 1. The summed E-state index contributed by atoms with van der Waals surface area (Å²) in [7, 11) is 0. The molecule has 2 heterocycles. The molecule has 0 bridgehead atoms. The maximum absolute atomic E-state index is 12.6. The van der Waals surface area contributed by atoms with E-state index in [9.17, 15) is 18.0 Å². The molecule has 4 nitrogen and oxygen atoms in total. The summed E-state index contributed by atoms with van der Waals surface area (Å²) in [5.41, 5.74) is 2.87. The van der Waals surface area contributed by atoms with Crippen LogP contribution in [0.25, 0.3) is 0 Å². The summed E-state index contributed by atoms with van der Waals surface area (Å²) in [5, 5.41) is 3.09. The Morgan fingerprint density at radius 3 is 2.63 bits per heavy atom. The Bertz CT molecular complexity index is 814. The molecule has 1 N–H and O–H groups in total. The zero-order valence-electron chi connectivity index (χ0n) is 14.6. The lowest BCUT2D eigenvalue weighted by molar-refractivity contribution is -0.137. The topological polar surface area (TPSA) is 45.2 Å². The van der Waals surface area contributed by atoms with Crippen molar-refractivity contribution in [2.24, 2.45) is 0 Å². The lowest BCUT2D eigenvalue weighted by atomic mass is 10.1. The maximum Gasteiger partial charge on any atom is 0.416 e. The van der Waals surface area contributed by atoms with Gasteiger partial charge in [-0.3, -0.25) is 9.69 Å². The van der Waals surface area contributed by atoms with E-state index in [4.69, 9.17) is 0 Å². The highest BCUT2D eigenvalue weighted by molar-refractivity contribution is 7.11. The quantitative estimate of drug-likeness (QED) is 0.831. The van der Waals surface area contributed by atoms with Gasteiger partial charge in [0.15, 0.2) is 0 Å². The van der Waals surface area contributed by atoms with Gasteiger partial charge in [-0.2, -0.15) is 13.2 Å². The van der Waals surface area contributed by atoms with Crippen LogP contribution in [0.15, 0.2) is 29.8 Å². The number of likely N-dealkylation sites (tertiary alicyclic amines) is 1. The molecule has 1 atom stereocenters.